The van der Waals surface area contributed by atoms with Gasteiger partial charge in [-0.1, -0.05) is 71.3 Å². The summed E-state index contributed by atoms with van der Waals surface area (Å²) < 4.78 is 0. The first-order valence-electron chi connectivity index (χ1n) is 8.61. The van der Waals surface area contributed by atoms with Crippen LogP contribution in [0.25, 0.3) is 0 Å². The smallest absolute Gasteiger partial charge is 0.0917 e. The van der Waals surface area contributed by atoms with Crippen LogP contribution in [0.2, 0.25) is 18.5 Å². The van der Waals surface area contributed by atoms with Crippen LogP contribution in [0.15, 0.2) is 0 Å². The van der Waals surface area contributed by atoms with E-state index in [1.807, 2.05) is 0 Å². The van der Waals surface area contributed by atoms with Crippen molar-refractivity contribution in [3.05, 3.63) is 0 Å². The standard InChI is InChI=1S/C17H31B2/c1-5-13-10-17(18)12(3)9-16(13)15-7-6-14(19-4)8-11(15)2/h11-17H,5-10H2,1-4H3/t11?,12-,13?,14?,15?,16?,17?/m1/s1. The van der Waals surface area contributed by atoms with Crippen molar-refractivity contribution in [1.82, 2.24) is 0 Å². The Morgan fingerprint density at radius 2 is 1.74 bits per heavy atom. The van der Waals surface area contributed by atoms with Crippen LogP contribution in [0.1, 0.15) is 59.3 Å². The van der Waals surface area contributed by atoms with Gasteiger partial charge in [0.1, 0.15) is 7.28 Å². The maximum atomic E-state index is 6.31. The van der Waals surface area contributed by atoms with E-state index in [1.165, 1.54) is 38.5 Å². The van der Waals surface area contributed by atoms with Gasteiger partial charge in [0.2, 0.25) is 0 Å². The molecule has 19 heavy (non-hydrogen) atoms. The van der Waals surface area contributed by atoms with E-state index in [1.54, 1.807) is 0 Å². The Bertz CT molecular complexity index is 278. The lowest BCUT2D eigenvalue weighted by Crippen LogP contribution is -2.37. The molecule has 0 nitrogen and oxygen atoms in total. The van der Waals surface area contributed by atoms with Gasteiger partial charge in [-0.15, -0.1) is 0 Å². The van der Waals surface area contributed by atoms with Gasteiger partial charge in [-0.05, 0) is 36.0 Å². The highest BCUT2D eigenvalue weighted by Gasteiger charge is 2.40. The average Bonchev–Trinajstić information content (AvgIpc) is 2.41. The second-order valence-electron chi connectivity index (χ2n) is 7.49. The number of hydrogen-bond acceptors (Lipinski definition) is 0. The largest absolute Gasteiger partial charge is 0.110 e. The molecular weight excluding hydrogens is 226 g/mol. The molecule has 0 saturated heterocycles. The lowest BCUT2D eigenvalue weighted by molar-refractivity contribution is 0.0674. The summed E-state index contributed by atoms with van der Waals surface area (Å²) in [6.07, 6.45) is 8.30. The van der Waals surface area contributed by atoms with Gasteiger partial charge in [0.05, 0.1) is 7.85 Å². The molecule has 0 N–H and O–H groups in total. The molecule has 2 aliphatic carbocycles. The molecule has 0 aliphatic heterocycles. The monoisotopic (exact) mass is 257 g/mol. The highest BCUT2D eigenvalue weighted by molar-refractivity contribution is 6.35. The third-order valence-corrected chi connectivity index (χ3v) is 6.38. The molecule has 0 aromatic rings. The second-order valence-corrected chi connectivity index (χ2v) is 7.49. The van der Waals surface area contributed by atoms with Gasteiger partial charge >= 0.3 is 0 Å². The van der Waals surface area contributed by atoms with Gasteiger partial charge < -0.3 is 0 Å². The van der Waals surface area contributed by atoms with E-state index in [0.29, 0.717) is 5.82 Å². The van der Waals surface area contributed by atoms with Crippen molar-refractivity contribution in [3.8, 4) is 0 Å². The van der Waals surface area contributed by atoms with E-state index in [-0.39, 0.29) is 0 Å². The molecule has 2 rings (SSSR count). The average molecular weight is 257 g/mol. The SMILES string of the molecule is [B]C1CC(CC)C(C2CCC([B]C)CC2C)C[C@H]1C. The molecular formula is C17H31B2. The summed E-state index contributed by atoms with van der Waals surface area (Å²) in [6.45, 7) is 9.50. The Hall–Kier alpha value is 0.130. The Morgan fingerprint density at radius 1 is 1.00 bits per heavy atom. The maximum absolute atomic E-state index is 6.31. The first kappa shape index (κ1) is 15.5. The fourth-order valence-corrected chi connectivity index (χ4v) is 4.95. The Kier molecular flexibility index (Phi) is 5.49. The predicted octanol–water partition coefficient (Wildman–Crippen LogP) is 4.99. The lowest BCUT2D eigenvalue weighted by atomic mass is 9.52. The molecule has 0 bridgehead atoms. The van der Waals surface area contributed by atoms with Crippen molar-refractivity contribution in [2.75, 3.05) is 0 Å². The van der Waals surface area contributed by atoms with Gasteiger partial charge in [-0.2, -0.15) is 0 Å². The lowest BCUT2D eigenvalue weighted by Gasteiger charge is -2.47. The fraction of sp³-hybridized carbons (Fsp3) is 1.00. The van der Waals surface area contributed by atoms with Crippen molar-refractivity contribution in [2.45, 2.75) is 77.8 Å². The molecule has 0 spiro atoms. The van der Waals surface area contributed by atoms with Gasteiger partial charge in [-0.25, -0.2) is 0 Å². The molecule has 0 aromatic carbocycles. The maximum Gasteiger partial charge on any atom is 0.110 e. The molecule has 2 saturated carbocycles. The van der Waals surface area contributed by atoms with Gasteiger partial charge in [0.25, 0.3) is 0 Å². The number of rotatable bonds is 3. The first-order valence-corrected chi connectivity index (χ1v) is 8.61. The molecule has 7 atom stereocenters. The van der Waals surface area contributed by atoms with Crippen molar-refractivity contribution < 1.29 is 0 Å². The van der Waals surface area contributed by atoms with E-state index in [9.17, 15) is 0 Å². The van der Waals surface area contributed by atoms with E-state index in [2.05, 4.69) is 34.9 Å². The van der Waals surface area contributed by atoms with Crippen molar-refractivity contribution >= 4 is 15.1 Å². The van der Waals surface area contributed by atoms with Crippen LogP contribution < -0.4 is 0 Å². The van der Waals surface area contributed by atoms with Crippen LogP contribution in [0.4, 0.5) is 0 Å². The topological polar surface area (TPSA) is 0 Å². The molecule has 3 radical (unpaired) electrons. The zero-order valence-electron chi connectivity index (χ0n) is 13.4. The van der Waals surface area contributed by atoms with Crippen molar-refractivity contribution in [2.24, 2.45) is 29.6 Å². The zero-order chi connectivity index (χ0) is 14.0. The van der Waals surface area contributed by atoms with Gasteiger partial charge in [0.15, 0.2) is 0 Å². The van der Waals surface area contributed by atoms with Crippen LogP contribution in [-0.4, -0.2) is 15.1 Å². The molecule has 0 heterocycles. The van der Waals surface area contributed by atoms with Crippen LogP contribution in [0.5, 0.6) is 0 Å². The van der Waals surface area contributed by atoms with Crippen molar-refractivity contribution in [1.29, 1.82) is 0 Å². The summed E-state index contributed by atoms with van der Waals surface area (Å²) in [5.41, 5.74) is 0. The molecule has 6 unspecified atom stereocenters. The highest BCUT2D eigenvalue weighted by atomic mass is 14.4. The molecule has 105 valence electrons. The predicted molar refractivity (Wildman–Crippen MR) is 87.0 cm³/mol. The summed E-state index contributed by atoms with van der Waals surface area (Å²) in [6, 6.07) is 0. The Balaban J connectivity index is 2.02. The quantitative estimate of drug-likeness (QED) is 0.624. The minimum atomic E-state index is 0.455. The van der Waals surface area contributed by atoms with Crippen LogP contribution >= 0.6 is 0 Å². The van der Waals surface area contributed by atoms with Gasteiger partial charge in [0, 0.05) is 0 Å². The van der Waals surface area contributed by atoms with E-state index in [0.717, 1.165) is 35.4 Å². The molecule has 2 heteroatoms. The Labute approximate surface area is 123 Å². The molecule has 0 amide bonds. The summed E-state index contributed by atoms with van der Waals surface area (Å²) in [5, 5.41) is 0. The van der Waals surface area contributed by atoms with E-state index < -0.39 is 0 Å². The highest BCUT2D eigenvalue weighted by Crippen LogP contribution is 2.50. The normalized spacial score (nSPS) is 47.9. The molecule has 2 aliphatic rings. The minimum absolute atomic E-state index is 0.455. The van der Waals surface area contributed by atoms with Crippen LogP contribution in [0.3, 0.4) is 0 Å². The third-order valence-electron chi connectivity index (χ3n) is 6.38. The second kappa shape index (κ2) is 6.72. The summed E-state index contributed by atoms with van der Waals surface area (Å²) in [5.74, 6) is 5.79. The fourth-order valence-electron chi connectivity index (χ4n) is 4.95. The third kappa shape index (κ3) is 3.42. The minimum Gasteiger partial charge on any atom is -0.0917 e. The van der Waals surface area contributed by atoms with Gasteiger partial charge in [-0.3, -0.25) is 0 Å². The molecule has 2 fully saturated rings. The van der Waals surface area contributed by atoms with E-state index in [4.69, 9.17) is 7.85 Å². The summed E-state index contributed by atoms with van der Waals surface area (Å²) in [7, 11) is 8.74. The molecule has 0 aromatic heterocycles. The summed E-state index contributed by atoms with van der Waals surface area (Å²) >= 11 is 0. The van der Waals surface area contributed by atoms with Crippen LogP contribution in [0, 0.1) is 29.6 Å². The summed E-state index contributed by atoms with van der Waals surface area (Å²) in [4.78, 5) is 0. The van der Waals surface area contributed by atoms with Crippen molar-refractivity contribution in [3.63, 3.8) is 0 Å². The van der Waals surface area contributed by atoms with Crippen LogP contribution in [-0.2, 0) is 0 Å². The Morgan fingerprint density at radius 3 is 2.32 bits per heavy atom. The van der Waals surface area contributed by atoms with E-state index >= 15 is 0 Å². The zero-order valence-corrected chi connectivity index (χ0v) is 13.4. The number of hydrogen-bond donors (Lipinski definition) is 0. The first-order chi connectivity index (χ1) is 9.06.